The number of likely N-dealkylation sites (N-methyl/N-ethyl adjacent to an activating group) is 2. The van der Waals surface area contributed by atoms with Crippen molar-refractivity contribution in [2.75, 3.05) is 33.7 Å². The van der Waals surface area contributed by atoms with Crippen molar-refractivity contribution in [3.8, 4) is 0 Å². The molecule has 140 valence electrons. The van der Waals surface area contributed by atoms with Crippen LogP contribution < -0.4 is 5.32 Å². The van der Waals surface area contributed by atoms with Gasteiger partial charge in [0.15, 0.2) is 0 Å². The molecule has 1 atom stereocenters. The summed E-state index contributed by atoms with van der Waals surface area (Å²) in [5, 5.41) is 10.7. The smallest absolute Gasteiger partial charge is 0.222 e. The van der Waals surface area contributed by atoms with Gasteiger partial charge in [-0.15, -0.1) is 0 Å². The molecule has 1 saturated heterocycles. The first-order chi connectivity index (χ1) is 12.7. The number of hydrogen-bond acceptors (Lipinski definition) is 4. The minimum Gasteiger partial charge on any atom is -0.338 e. The van der Waals surface area contributed by atoms with Gasteiger partial charge in [-0.3, -0.25) is 9.89 Å². The van der Waals surface area contributed by atoms with Crippen molar-refractivity contribution >= 4 is 5.91 Å². The van der Waals surface area contributed by atoms with Crippen LogP contribution >= 0.6 is 0 Å². The summed E-state index contributed by atoms with van der Waals surface area (Å²) in [5.74, 6) is 0.573. The maximum Gasteiger partial charge on any atom is 0.222 e. The van der Waals surface area contributed by atoms with Crippen LogP contribution in [-0.2, 0) is 17.9 Å². The maximum absolute atomic E-state index is 12.4. The van der Waals surface area contributed by atoms with Crippen molar-refractivity contribution in [2.24, 2.45) is 0 Å². The molecule has 0 aliphatic carbocycles. The lowest BCUT2D eigenvalue weighted by molar-refractivity contribution is -0.134. The second-order valence-corrected chi connectivity index (χ2v) is 7.15. The molecule has 6 heteroatoms. The first-order valence-corrected chi connectivity index (χ1v) is 9.34. The van der Waals surface area contributed by atoms with Crippen LogP contribution in [0.4, 0.5) is 0 Å². The predicted molar refractivity (Wildman–Crippen MR) is 103 cm³/mol. The normalized spacial score (nSPS) is 17.9. The molecule has 1 aliphatic rings. The third kappa shape index (κ3) is 4.71. The van der Waals surface area contributed by atoms with Gasteiger partial charge in [-0.25, -0.2) is 0 Å². The van der Waals surface area contributed by atoms with Gasteiger partial charge in [-0.1, -0.05) is 30.3 Å². The van der Waals surface area contributed by atoms with Gasteiger partial charge in [0.05, 0.1) is 6.20 Å². The predicted octanol–water partition coefficient (Wildman–Crippen LogP) is 1.97. The molecule has 2 aromatic rings. The summed E-state index contributed by atoms with van der Waals surface area (Å²) in [6.45, 7) is 4.26. The summed E-state index contributed by atoms with van der Waals surface area (Å²) in [6.07, 6.45) is 3.42. The maximum atomic E-state index is 12.4. The number of H-pyrrole nitrogens is 1. The van der Waals surface area contributed by atoms with Crippen LogP contribution in [0.1, 0.15) is 35.6 Å². The Balaban J connectivity index is 1.66. The molecule has 0 bridgehead atoms. The first kappa shape index (κ1) is 18.6. The molecular weight excluding hydrogens is 326 g/mol. The van der Waals surface area contributed by atoms with Gasteiger partial charge in [-0.2, -0.15) is 5.10 Å². The molecule has 3 rings (SSSR count). The third-order valence-electron chi connectivity index (χ3n) is 5.06. The monoisotopic (exact) mass is 355 g/mol. The molecule has 1 aliphatic heterocycles. The average molecular weight is 355 g/mol. The standard InChI is InChI=1S/C20H29N5O/c1-21-10-11-24(2)14-18-12-22-23-20(18)17-8-9-19(26)25(15-17)13-16-6-4-3-5-7-16/h3-7,12,17,21H,8-11,13-15H2,1-2H3,(H,22,23). The van der Waals surface area contributed by atoms with Gasteiger partial charge in [0.2, 0.25) is 5.91 Å². The van der Waals surface area contributed by atoms with E-state index in [-0.39, 0.29) is 5.91 Å². The zero-order valence-corrected chi connectivity index (χ0v) is 15.7. The number of likely N-dealkylation sites (tertiary alicyclic amines) is 1. The van der Waals surface area contributed by atoms with E-state index in [0.717, 1.165) is 32.6 Å². The Hall–Kier alpha value is -2.18. The average Bonchev–Trinajstić information content (AvgIpc) is 3.11. The Morgan fingerprint density at radius 2 is 2.15 bits per heavy atom. The Kier molecular flexibility index (Phi) is 6.41. The lowest BCUT2D eigenvalue weighted by Crippen LogP contribution is -2.39. The summed E-state index contributed by atoms with van der Waals surface area (Å²) in [5.41, 5.74) is 3.60. The van der Waals surface area contributed by atoms with Crippen LogP contribution in [0, 0.1) is 0 Å². The number of piperidine rings is 1. The molecule has 26 heavy (non-hydrogen) atoms. The summed E-state index contributed by atoms with van der Waals surface area (Å²) < 4.78 is 0. The van der Waals surface area contributed by atoms with E-state index in [1.165, 1.54) is 16.8 Å². The van der Waals surface area contributed by atoms with Crippen molar-refractivity contribution in [2.45, 2.75) is 31.8 Å². The highest BCUT2D eigenvalue weighted by atomic mass is 16.2. The number of rotatable bonds is 8. The summed E-state index contributed by atoms with van der Waals surface area (Å²) >= 11 is 0. The molecule has 1 amide bonds. The number of nitrogens with zero attached hydrogens (tertiary/aromatic N) is 3. The van der Waals surface area contributed by atoms with Gasteiger partial charge in [-0.05, 0) is 26.1 Å². The minimum absolute atomic E-state index is 0.248. The van der Waals surface area contributed by atoms with E-state index in [0.29, 0.717) is 18.9 Å². The van der Waals surface area contributed by atoms with Crippen molar-refractivity contribution in [1.29, 1.82) is 0 Å². The zero-order valence-electron chi connectivity index (χ0n) is 15.7. The lowest BCUT2D eigenvalue weighted by atomic mass is 9.91. The van der Waals surface area contributed by atoms with E-state index in [4.69, 9.17) is 0 Å². The Morgan fingerprint density at radius 1 is 1.35 bits per heavy atom. The zero-order chi connectivity index (χ0) is 18.4. The van der Waals surface area contributed by atoms with Crippen molar-refractivity contribution < 1.29 is 4.79 Å². The van der Waals surface area contributed by atoms with Gasteiger partial charge < -0.3 is 15.1 Å². The largest absolute Gasteiger partial charge is 0.338 e. The summed E-state index contributed by atoms with van der Waals surface area (Å²) in [7, 11) is 4.09. The van der Waals surface area contributed by atoms with E-state index in [1.54, 1.807) is 0 Å². The molecule has 1 fully saturated rings. The van der Waals surface area contributed by atoms with E-state index in [1.807, 2.05) is 36.3 Å². The number of hydrogen-bond donors (Lipinski definition) is 2. The van der Waals surface area contributed by atoms with Crippen LogP contribution in [0.15, 0.2) is 36.5 Å². The van der Waals surface area contributed by atoms with Crippen molar-refractivity contribution in [3.05, 3.63) is 53.3 Å². The topological polar surface area (TPSA) is 64.3 Å². The van der Waals surface area contributed by atoms with E-state index in [9.17, 15) is 4.79 Å². The molecule has 0 saturated carbocycles. The molecule has 1 unspecified atom stereocenters. The molecule has 2 N–H and O–H groups in total. The number of aromatic amines is 1. The number of amides is 1. The summed E-state index contributed by atoms with van der Waals surface area (Å²) in [6, 6.07) is 10.2. The van der Waals surface area contributed by atoms with Gasteiger partial charge in [0.1, 0.15) is 0 Å². The van der Waals surface area contributed by atoms with Gasteiger partial charge in [0.25, 0.3) is 0 Å². The fourth-order valence-corrected chi connectivity index (χ4v) is 3.58. The number of nitrogens with one attached hydrogen (secondary N) is 2. The summed E-state index contributed by atoms with van der Waals surface area (Å²) in [4.78, 5) is 16.7. The highest BCUT2D eigenvalue weighted by Crippen LogP contribution is 2.29. The quantitative estimate of drug-likeness (QED) is 0.760. The van der Waals surface area contributed by atoms with Crippen LogP contribution in [0.2, 0.25) is 0 Å². The SMILES string of the molecule is CNCCN(C)Cc1cn[nH]c1C1CCC(=O)N(Cc2ccccc2)C1. The number of carbonyl (C=O) groups is 1. The molecule has 1 aromatic carbocycles. The molecule has 2 heterocycles. The van der Waals surface area contributed by atoms with Crippen LogP contribution in [0.5, 0.6) is 0 Å². The van der Waals surface area contributed by atoms with Crippen LogP contribution in [-0.4, -0.2) is 59.6 Å². The second kappa shape index (κ2) is 8.96. The molecule has 0 spiro atoms. The Morgan fingerprint density at radius 3 is 2.92 bits per heavy atom. The van der Waals surface area contributed by atoms with Crippen molar-refractivity contribution in [1.82, 2.24) is 25.3 Å². The van der Waals surface area contributed by atoms with Gasteiger partial charge >= 0.3 is 0 Å². The van der Waals surface area contributed by atoms with E-state index in [2.05, 4.69) is 39.6 Å². The number of benzene rings is 1. The fraction of sp³-hybridized carbons (Fsp3) is 0.500. The van der Waals surface area contributed by atoms with E-state index < -0.39 is 0 Å². The van der Waals surface area contributed by atoms with Crippen molar-refractivity contribution in [3.63, 3.8) is 0 Å². The number of carbonyl (C=O) groups excluding carboxylic acids is 1. The van der Waals surface area contributed by atoms with Crippen LogP contribution in [0.3, 0.4) is 0 Å². The molecule has 6 nitrogen and oxygen atoms in total. The molecular formula is C20H29N5O. The lowest BCUT2D eigenvalue weighted by Gasteiger charge is -2.33. The Labute approximate surface area is 155 Å². The molecule has 0 radical (unpaired) electrons. The fourth-order valence-electron chi connectivity index (χ4n) is 3.58. The van der Waals surface area contributed by atoms with Crippen LogP contribution in [0.25, 0.3) is 0 Å². The third-order valence-corrected chi connectivity index (χ3v) is 5.06. The highest BCUT2D eigenvalue weighted by molar-refractivity contribution is 5.77. The van der Waals surface area contributed by atoms with Gasteiger partial charge in [0, 0.05) is 56.3 Å². The van der Waals surface area contributed by atoms with E-state index >= 15 is 0 Å². The second-order valence-electron chi connectivity index (χ2n) is 7.15. The Bertz CT molecular complexity index is 699. The highest BCUT2D eigenvalue weighted by Gasteiger charge is 2.29. The minimum atomic E-state index is 0.248. The first-order valence-electron chi connectivity index (χ1n) is 9.34. The molecule has 1 aromatic heterocycles. The number of aromatic nitrogens is 2.